The van der Waals surface area contributed by atoms with Crippen LogP contribution in [0.15, 0.2) is 24.5 Å². The lowest BCUT2D eigenvalue weighted by Crippen LogP contribution is -2.39. The van der Waals surface area contributed by atoms with Crippen LogP contribution in [0, 0.1) is 22.8 Å². The van der Waals surface area contributed by atoms with Gasteiger partial charge in [-0.1, -0.05) is 32.1 Å². The number of ether oxygens (including phenoxy) is 2. The van der Waals surface area contributed by atoms with E-state index in [1.807, 2.05) is 18.2 Å². The van der Waals surface area contributed by atoms with Crippen molar-refractivity contribution in [1.82, 2.24) is 0 Å². The summed E-state index contributed by atoms with van der Waals surface area (Å²) in [6, 6.07) is 0. The quantitative estimate of drug-likeness (QED) is 0.578. The number of ketones is 1. The monoisotopic (exact) mass is 316 g/mol. The molecule has 2 fully saturated rings. The molecule has 22 heavy (non-hydrogen) atoms. The summed E-state index contributed by atoms with van der Waals surface area (Å²) in [5.74, 6) is 4.09. The third kappa shape index (κ3) is 2.93. The van der Waals surface area contributed by atoms with Crippen LogP contribution in [0.5, 0.6) is 0 Å². The van der Waals surface area contributed by atoms with E-state index in [0.29, 0.717) is 12.3 Å². The Bertz CT molecular complexity index is 575. The van der Waals surface area contributed by atoms with Gasteiger partial charge in [0.25, 0.3) is 0 Å². The second-order valence-corrected chi connectivity index (χ2v) is 12.3. The fraction of sp³-hybridized carbons (Fsp3) is 0.611. The molecule has 0 saturated heterocycles. The molecule has 0 amide bonds. The van der Waals surface area contributed by atoms with Crippen LogP contribution in [0.2, 0.25) is 19.6 Å². The second kappa shape index (κ2) is 5.71. The van der Waals surface area contributed by atoms with Crippen LogP contribution >= 0.6 is 0 Å². The van der Waals surface area contributed by atoms with Gasteiger partial charge in [-0.3, -0.25) is 4.79 Å². The Kier molecular flexibility index (Phi) is 4.05. The van der Waals surface area contributed by atoms with E-state index in [9.17, 15) is 4.79 Å². The molecule has 2 aliphatic carbocycles. The first-order valence-corrected chi connectivity index (χ1v) is 11.6. The summed E-state index contributed by atoms with van der Waals surface area (Å²) >= 11 is 0. The third-order valence-electron chi connectivity index (χ3n) is 4.69. The van der Waals surface area contributed by atoms with Gasteiger partial charge < -0.3 is 9.47 Å². The smallest absolute Gasteiger partial charge is 0.219 e. The van der Waals surface area contributed by atoms with Crippen LogP contribution in [0.1, 0.15) is 25.7 Å². The molecule has 0 aromatic carbocycles. The van der Waals surface area contributed by atoms with E-state index >= 15 is 0 Å². The molecular formula is C18H24O3Si. The highest BCUT2D eigenvalue weighted by atomic mass is 28.3. The highest BCUT2D eigenvalue weighted by Gasteiger charge is 2.57. The third-order valence-corrected chi connectivity index (χ3v) is 5.57. The average molecular weight is 316 g/mol. The minimum atomic E-state index is -1.48. The lowest BCUT2D eigenvalue weighted by atomic mass is 9.79. The van der Waals surface area contributed by atoms with Crippen LogP contribution in [0.4, 0.5) is 0 Å². The van der Waals surface area contributed by atoms with Gasteiger partial charge in [-0.15, -0.1) is 11.5 Å². The summed E-state index contributed by atoms with van der Waals surface area (Å²) in [6.07, 6.45) is 10.1. The van der Waals surface area contributed by atoms with Gasteiger partial charge in [0, 0.05) is 6.42 Å². The first-order chi connectivity index (χ1) is 10.4. The van der Waals surface area contributed by atoms with Gasteiger partial charge in [-0.25, -0.2) is 0 Å². The maximum Gasteiger partial charge on any atom is 0.219 e. The molecule has 0 radical (unpaired) electrons. The number of carbonyl (C=O) groups is 1. The lowest BCUT2D eigenvalue weighted by molar-refractivity contribution is -0.156. The largest absolute Gasteiger partial charge is 0.469 e. The van der Waals surface area contributed by atoms with Crippen molar-refractivity contribution in [2.24, 2.45) is 11.3 Å². The van der Waals surface area contributed by atoms with Crippen LogP contribution in [-0.4, -0.2) is 26.3 Å². The van der Waals surface area contributed by atoms with E-state index in [-0.39, 0.29) is 11.2 Å². The summed E-state index contributed by atoms with van der Waals surface area (Å²) in [5.41, 5.74) is 3.22. The van der Waals surface area contributed by atoms with Crippen LogP contribution in [0.25, 0.3) is 0 Å². The molecule has 0 aromatic rings. The molecule has 0 N–H and O–H groups in total. The second-order valence-electron chi connectivity index (χ2n) is 7.53. The van der Waals surface area contributed by atoms with Gasteiger partial charge in [0.05, 0.1) is 11.7 Å². The Labute approximate surface area is 133 Å². The maximum absolute atomic E-state index is 12.5. The van der Waals surface area contributed by atoms with E-state index < -0.39 is 20.5 Å². The minimum Gasteiger partial charge on any atom is -0.469 e. The predicted molar refractivity (Wildman–Crippen MR) is 88.5 cm³/mol. The fourth-order valence-electron chi connectivity index (χ4n) is 3.68. The number of fused-ring (bicyclic) bond motifs is 1. The van der Waals surface area contributed by atoms with Gasteiger partial charge in [0.1, 0.15) is 14.2 Å². The molecule has 118 valence electrons. The average Bonchev–Trinajstić information content (AvgIpc) is 2.96. The van der Waals surface area contributed by atoms with E-state index in [1.54, 1.807) is 6.26 Å². The van der Waals surface area contributed by atoms with E-state index in [0.717, 1.165) is 19.3 Å². The van der Waals surface area contributed by atoms with E-state index in [1.165, 1.54) is 0 Å². The van der Waals surface area contributed by atoms with Crippen LogP contribution in [-0.2, 0) is 14.3 Å². The Balaban J connectivity index is 1.87. The van der Waals surface area contributed by atoms with Crippen LogP contribution < -0.4 is 0 Å². The van der Waals surface area contributed by atoms with Gasteiger partial charge in [0.2, 0.25) is 6.29 Å². The Morgan fingerprint density at radius 2 is 2.18 bits per heavy atom. The van der Waals surface area contributed by atoms with E-state index in [4.69, 9.17) is 9.47 Å². The first kappa shape index (κ1) is 15.6. The van der Waals surface area contributed by atoms with Gasteiger partial charge in [0.15, 0.2) is 5.78 Å². The van der Waals surface area contributed by atoms with Crippen molar-refractivity contribution in [2.45, 2.75) is 57.7 Å². The maximum atomic E-state index is 12.5. The molecule has 0 spiro atoms. The summed E-state index contributed by atoms with van der Waals surface area (Å²) in [7, 11) is -1.48. The summed E-state index contributed by atoms with van der Waals surface area (Å²) in [5, 5.41) is 0. The molecule has 1 aliphatic heterocycles. The van der Waals surface area contributed by atoms with Crippen molar-refractivity contribution < 1.29 is 14.3 Å². The highest BCUT2D eigenvalue weighted by molar-refractivity contribution is 6.83. The topological polar surface area (TPSA) is 35.5 Å². The fourth-order valence-corrected chi connectivity index (χ4v) is 4.29. The molecular weight excluding hydrogens is 292 g/mol. The predicted octanol–water partition coefficient (Wildman–Crippen LogP) is 3.44. The molecule has 4 heteroatoms. The highest BCUT2D eigenvalue weighted by Crippen LogP contribution is 2.54. The lowest BCUT2D eigenvalue weighted by Gasteiger charge is -2.31. The Morgan fingerprint density at radius 3 is 2.86 bits per heavy atom. The molecule has 2 saturated carbocycles. The van der Waals surface area contributed by atoms with Crippen molar-refractivity contribution in [2.75, 3.05) is 0 Å². The number of rotatable bonds is 2. The summed E-state index contributed by atoms with van der Waals surface area (Å²) in [4.78, 5) is 12.5. The zero-order chi connectivity index (χ0) is 15.8. The molecule has 3 rings (SSSR count). The minimum absolute atomic E-state index is 0.195. The summed E-state index contributed by atoms with van der Waals surface area (Å²) in [6.45, 7) is 6.72. The molecule has 4 atom stereocenters. The van der Waals surface area contributed by atoms with Gasteiger partial charge >= 0.3 is 0 Å². The number of hydrogen-bond acceptors (Lipinski definition) is 3. The number of allylic oxidation sites excluding steroid dienone is 2. The Morgan fingerprint density at radius 1 is 1.36 bits per heavy atom. The molecule has 3 unspecified atom stereocenters. The first-order valence-electron chi connectivity index (χ1n) is 8.12. The molecule has 3 aliphatic rings. The zero-order valence-corrected chi connectivity index (χ0v) is 14.6. The normalized spacial score (nSPS) is 36.7. The van der Waals surface area contributed by atoms with Crippen molar-refractivity contribution in [3.05, 3.63) is 24.5 Å². The Hall–Kier alpha value is -1.31. The molecule has 0 bridgehead atoms. The molecule has 0 aromatic heterocycles. The van der Waals surface area contributed by atoms with Gasteiger partial charge in [-0.05, 0) is 30.9 Å². The molecule has 1 heterocycles. The number of Topliss-reactive ketones (excluding diaryl/α,β-unsaturated/α-hetero) is 1. The van der Waals surface area contributed by atoms with Crippen molar-refractivity contribution in [1.29, 1.82) is 0 Å². The summed E-state index contributed by atoms with van der Waals surface area (Å²) < 4.78 is 11.5. The van der Waals surface area contributed by atoms with Crippen molar-refractivity contribution >= 4 is 13.9 Å². The number of hydrogen-bond donors (Lipinski definition) is 0. The zero-order valence-electron chi connectivity index (χ0n) is 13.6. The van der Waals surface area contributed by atoms with Crippen molar-refractivity contribution in [3.8, 4) is 11.5 Å². The SMILES string of the molecule is C[Si](C)(C)C#C[C@]12CCCC1CC(=O)C2OC1C=CC=CO1. The van der Waals surface area contributed by atoms with E-state index in [2.05, 4.69) is 31.1 Å². The van der Waals surface area contributed by atoms with Crippen LogP contribution in [0.3, 0.4) is 0 Å². The van der Waals surface area contributed by atoms with Gasteiger partial charge in [-0.2, -0.15) is 0 Å². The number of carbonyl (C=O) groups excluding carboxylic acids is 1. The standard InChI is InChI=1S/C18H24O3Si/c1-22(2,3)12-10-18-9-6-7-14(18)13-15(19)17(18)21-16-8-4-5-11-20-16/h4-5,8,11,14,16-17H,6-7,9,13H2,1-3H3/t14?,16?,17?,18-/m1/s1. The molecule has 3 nitrogen and oxygen atoms in total. The van der Waals surface area contributed by atoms with Crippen molar-refractivity contribution in [3.63, 3.8) is 0 Å².